The number of hydrogen-bond acceptors (Lipinski definition) is 2. The van der Waals surface area contributed by atoms with Gasteiger partial charge in [-0.25, -0.2) is 4.79 Å². The van der Waals surface area contributed by atoms with E-state index in [1.807, 2.05) is 37.3 Å². The molecule has 4 nitrogen and oxygen atoms in total. The molecule has 34 heavy (non-hydrogen) atoms. The Morgan fingerprint density at radius 3 is 2.00 bits per heavy atom. The number of piperidine rings is 1. The molecule has 1 aliphatic rings. The lowest BCUT2D eigenvalue weighted by molar-refractivity contribution is -0.143. The summed E-state index contributed by atoms with van der Waals surface area (Å²) in [7, 11) is 0. The van der Waals surface area contributed by atoms with Gasteiger partial charge in [0.05, 0.1) is 11.1 Å². The molecule has 186 valence electrons. The molecule has 0 aliphatic carbocycles. The number of nitrogens with zero attached hydrogens (tertiary/aromatic N) is 1. The highest BCUT2D eigenvalue weighted by Gasteiger charge is 2.39. The predicted octanol–water partition coefficient (Wildman–Crippen LogP) is 6.35. The van der Waals surface area contributed by atoms with E-state index in [4.69, 9.17) is 0 Å². The van der Waals surface area contributed by atoms with Gasteiger partial charge in [-0.1, -0.05) is 37.3 Å². The molecule has 1 saturated heterocycles. The first-order valence-corrected chi connectivity index (χ1v) is 11.0. The maximum absolute atomic E-state index is 13.2. The predicted molar refractivity (Wildman–Crippen MR) is 114 cm³/mol. The number of likely N-dealkylation sites (tertiary alicyclic amines) is 1. The monoisotopic (exact) mass is 488 g/mol. The van der Waals surface area contributed by atoms with Crippen molar-refractivity contribution in [3.63, 3.8) is 0 Å². The minimum atomic E-state index is -4.91. The summed E-state index contributed by atoms with van der Waals surface area (Å²) in [6.07, 6.45) is -9.05. The molecule has 3 atom stereocenters. The van der Waals surface area contributed by atoms with Gasteiger partial charge < -0.3 is 15.3 Å². The van der Waals surface area contributed by atoms with E-state index in [1.165, 1.54) is 4.90 Å². The van der Waals surface area contributed by atoms with Crippen LogP contribution in [0.4, 0.5) is 31.1 Å². The Morgan fingerprint density at radius 2 is 1.50 bits per heavy atom. The van der Waals surface area contributed by atoms with Crippen LogP contribution in [0.1, 0.15) is 48.4 Å². The average Bonchev–Trinajstić information content (AvgIpc) is 2.76. The smallest absolute Gasteiger partial charge is 0.416 e. The second-order valence-corrected chi connectivity index (χ2v) is 8.56. The molecule has 0 saturated carbocycles. The molecule has 0 bridgehead atoms. The normalized spacial score (nSPS) is 21.5. The van der Waals surface area contributed by atoms with Crippen LogP contribution < -0.4 is 5.32 Å². The Labute approximate surface area is 193 Å². The van der Waals surface area contributed by atoms with Crippen molar-refractivity contribution in [1.82, 2.24) is 10.2 Å². The molecule has 0 spiro atoms. The van der Waals surface area contributed by atoms with Crippen LogP contribution >= 0.6 is 0 Å². The quantitative estimate of drug-likeness (QED) is 0.466. The topological polar surface area (TPSA) is 52.6 Å². The summed E-state index contributed by atoms with van der Waals surface area (Å²) in [5, 5.41) is 12.9. The number of rotatable bonds is 6. The van der Waals surface area contributed by atoms with Crippen molar-refractivity contribution in [1.29, 1.82) is 0 Å². The first-order valence-electron chi connectivity index (χ1n) is 11.0. The minimum Gasteiger partial charge on any atom is -0.465 e. The van der Waals surface area contributed by atoms with E-state index in [9.17, 15) is 36.2 Å². The molecule has 0 aromatic heterocycles. The van der Waals surface area contributed by atoms with Gasteiger partial charge in [-0.2, -0.15) is 26.3 Å². The van der Waals surface area contributed by atoms with Gasteiger partial charge in [0.1, 0.15) is 0 Å². The number of nitrogens with one attached hydrogen (secondary N) is 1. The fraction of sp³-hybridized carbons (Fsp3) is 0.458. The second kappa shape index (κ2) is 10.2. The molecule has 1 aliphatic heterocycles. The van der Waals surface area contributed by atoms with Crippen LogP contribution in [0.25, 0.3) is 0 Å². The van der Waals surface area contributed by atoms with Gasteiger partial charge in [0.25, 0.3) is 0 Å². The lowest BCUT2D eigenvalue weighted by Crippen LogP contribution is -2.56. The number of hydrogen-bond donors (Lipinski definition) is 2. The van der Waals surface area contributed by atoms with E-state index in [0.29, 0.717) is 37.8 Å². The summed E-state index contributed by atoms with van der Waals surface area (Å²) in [4.78, 5) is 13.4. The highest BCUT2D eigenvalue weighted by atomic mass is 19.4. The third kappa shape index (κ3) is 6.43. The SMILES string of the molecule is CCC1CC(NCc2cc(C(F)(F)F)cc(C(F)(F)F)c2)CC(Cc2ccccc2)N1C(=O)O. The molecule has 1 fully saturated rings. The highest BCUT2D eigenvalue weighted by Crippen LogP contribution is 2.36. The highest BCUT2D eigenvalue weighted by molar-refractivity contribution is 5.66. The first-order chi connectivity index (χ1) is 15.9. The van der Waals surface area contributed by atoms with Crippen LogP contribution in [0.2, 0.25) is 0 Å². The number of benzene rings is 2. The number of carboxylic acid groups (broad SMARTS) is 1. The van der Waals surface area contributed by atoms with Crippen molar-refractivity contribution >= 4 is 6.09 Å². The maximum atomic E-state index is 13.2. The molecule has 2 aromatic rings. The van der Waals surface area contributed by atoms with Crippen molar-refractivity contribution < 1.29 is 36.2 Å². The second-order valence-electron chi connectivity index (χ2n) is 8.56. The Balaban J connectivity index is 1.80. The van der Waals surface area contributed by atoms with Crippen molar-refractivity contribution in [2.75, 3.05) is 0 Å². The van der Waals surface area contributed by atoms with Gasteiger partial charge in [-0.15, -0.1) is 0 Å². The fourth-order valence-electron chi connectivity index (χ4n) is 4.57. The third-order valence-electron chi connectivity index (χ3n) is 6.15. The van der Waals surface area contributed by atoms with Crippen molar-refractivity contribution in [2.24, 2.45) is 0 Å². The van der Waals surface area contributed by atoms with E-state index < -0.39 is 29.6 Å². The third-order valence-corrected chi connectivity index (χ3v) is 6.15. The molecule has 1 heterocycles. The van der Waals surface area contributed by atoms with E-state index in [-0.39, 0.29) is 36.3 Å². The van der Waals surface area contributed by atoms with Crippen LogP contribution in [0.3, 0.4) is 0 Å². The Morgan fingerprint density at radius 1 is 0.941 bits per heavy atom. The van der Waals surface area contributed by atoms with Crippen molar-refractivity contribution in [3.05, 3.63) is 70.8 Å². The van der Waals surface area contributed by atoms with Gasteiger partial charge >= 0.3 is 18.4 Å². The zero-order valence-electron chi connectivity index (χ0n) is 18.5. The zero-order valence-corrected chi connectivity index (χ0v) is 18.5. The molecule has 0 radical (unpaired) electrons. The Bertz CT molecular complexity index is 945. The summed E-state index contributed by atoms with van der Waals surface area (Å²) in [5.41, 5.74) is -1.89. The fourth-order valence-corrected chi connectivity index (χ4v) is 4.57. The van der Waals surface area contributed by atoms with E-state index in [0.717, 1.165) is 5.56 Å². The van der Waals surface area contributed by atoms with E-state index in [1.54, 1.807) is 0 Å². The lowest BCUT2D eigenvalue weighted by atomic mass is 9.87. The maximum Gasteiger partial charge on any atom is 0.416 e. The minimum absolute atomic E-state index is 0.109. The number of amides is 1. The number of alkyl halides is 6. The zero-order chi connectivity index (χ0) is 25.1. The lowest BCUT2D eigenvalue weighted by Gasteiger charge is -2.44. The van der Waals surface area contributed by atoms with Gasteiger partial charge in [0.15, 0.2) is 0 Å². The molecule has 1 amide bonds. The van der Waals surface area contributed by atoms with E-state index in [2.05, 4.69) is 5.32 Å². The molecule has 3 rings (SSSR count). The molecule has 2 aromatic carbocycles. The number of carbonyl (C=O) groups is 1. The van der Waals surface area contributed by atoms with Gasteiger partial charge in [-0.05, 0) is 55.0 Å². The Hall–Kier alpha value is -2.75. The van der Waals surface area contributed by atoms with Crippen molar-refractivity contribution in [3.8, 4) is 0 Å². The van der Waals surface area contributed by atoms with Gasteiger partial charge in [0.2, 0.25) is 0 Å². The Kier molecular flexibility index (Phi) is 7.80. The average molecular weight is 488 g/mol. The first kappa shape index (κ1) is 25.9. The molecular weight excluding hydrogens is 462 g/mol. The summed E-state index contributed by atoms with van der Waals surface area (Å²) < 4.78 is 78.9. The standard InChI is InChI=1S/C24H26F6N2O2/c1-2-20-12-19(13-21(32(20)22(33)34)10-15-6-4-3-5-7-15)31-14-16-8-17(23(25,26)27)11-18(9-16)24(28,29)30/h3-9,11,19-21,31H,2,10,12-14H2,1H3,(H,33,34). The van der Waals surface area contributed by atoms with Gasteiger partial charge in [0, 0.05) is 24.7 Å². The number of halogens is 6. The van der Waals surface area contributed by atoms with Crippen LogP contribution in [-0.2, 0) is 25.3 Å². The van der Waals surface area contributed by atoms with Crippen LogP contribution in [0, 0.1) is 0 Å². The summed E-state index contributed by atoms with van der Waals surface area (Å²) in [5.74, 6) is 0. The van der Waals surface area contributed by atoms with E-state index >= 15 is 0 Å². The van der Waals surface area contributed by atoms with Crippen LogP contribution in [-0.4, -0.2) is 34.2 Å². The van der Waals surface area contributed by atoms with Crippen LogP contribution in [0.5, 0.6) is 0 Å². The largest absolute Gasteiger partial charge is 0.465 e. The summed E-state index contributed by atoms with van der Waals surface area (Å²) >= 11 is 0. The van der Waals surface area contributed by atoms with Crippen LogP contribution in [0.15, 0.2) is 48.5 Å². The molecular formula is C24H26F6N2O2. The molecule has 2 N–H and O–H groups in total. The van der Waals surface area contributed by atoms with Gasteiger partial charge in [-0.3, -0.25) is 0 Å². The summed E-state index contributed by atoms with van der Waals surface area (Å²) in [6.45, 7) is 1.66. The van der Waals surface area contributed by atoms with Crippen molar-refractivity contribution in [2.45, 2.75) is 69.6 Å². The summed E-state index contributed by atoms with van der Waals surface area (Å²) in [6, 6.07) is 9.91. The molecule has 3 unspecified atom stereocenters. The molecule has 10 heteroatoms.